The Morgan fingerprint density at radius 1 is 1.19 bits per heavy atom. The summed E-state index contributed by atoms with van der Waals surface area (Å²) in [5, 5.41) is 11.2. The predicted molar refractivity (Wildman–Crippen MR) is 80.5 cm³/mol. The fourth-order valence-corrected chi connectivity index (χ4v) is 2.02. The number of benzene rings is 1. The molecule has 0 fully saturated rings. The molecule has 1 aromatic carbocycles. The maximum absolute atomic E-state index is 11.2. The Kier molecular flexibility index (Phi) is 6.02. The van der Waals surface area contributed by atoms with Crippen molar-refractivity contribution in [3.05, 3.63) is 33.5 Å². The summed E-state index contributed by atoms with van der Waals surface area (Å²) in [7, 11) is 4.51. The van der Waals surface area contributed by atoms with Gasteiger partial charge < -0.3 is 14.2 Å². The van der Waals surface area contributed by atoms with Gasteiger partial charge in [0.1, 0.15) is 0 Å². The molecule has 0 atom stereocenters. The smallest absolute Gasteiger partial charge is 0.247 e. The summed E-state index contributed by atoms with van der Waals surface area (Å²) in [6, 6.07) is 3.41. The maximum atomic E-state index is 11.2. The zero-order chi connectivity index (χ0) is 16.0. The van der Waals surface area contributed by atoms with E-state index in [-0.39, 0.29) is 16.5 Å². The van der Waals surface area contributed by atoms with E-state index in [2.05, 4.69) is 0 Å². The van der Waals surface area contributed by atoms with Crippen LogP contribution in [-0.4, -0.2) is 26.3 Å². The molecule has 0 spiro atoms. The summed E-state index contributed by atoms with van der Waals surface area (Å²) in [5.41, 5.74) is 0.720. The van der Waals surface area contributed by atoms with Crippen molar-refractivity contribution < 1.29 is 19.1 Å². The zero-order valence-corrected chi connectivity index (χ0v) is 13.0. The summed E-state index contributed by atoms with van der Waals surface area (Å²) in [4.78, 5) is 10.8. The SMILES string of the molecule is COc1ccc(C=C(CC(C)C)[N+](=O)[O-])c(OC)c1OC. The molecular formula is C15H21NO5. The fraction of sp³-hybridized carbons (Fsp3) is 0.467. The molecule has 6 heteroatoms. The molecule has 116 valence electrons. The van der Waals surface area contributed by atoms with Crippen LogP contribution in [0.2, 0.25) is 0 Å². The van der Waals surface area contributed by atoms with E-state index in [1.165, 1.54) is 27.4 Å². The van der Waals surface area contributed by atoms with E-state index in [0.717, 1.165) is 0 Å². The van der Waals surface area contributed by atoms with Crippen LogP contribution in [0.25, 0.3) is 6.08 Å². The summed E-state index contributed by atoms with van der Waals surface area (Å²) in [6.45, 7) is 3.87. The summed E-state index contributed by atoms with van der Waals surface area (Å²) in [6.07, 6.45) is 1.89. The van der Waals surface area contributed by atoms with Crippen molar-refractivity contribution in [1.29, 1.82) is 0 Å². The lowest BCUT2D eigenvalue weighted by atomic mass is 10.1. The lowest BCUT2D eigenvalue weighted by molar-refractivity contribution is -0.427. The van der Waals surface area contributed by atoms with Gasteiger partial charge in [-0.25, -0.2) is 0 Å². The Labute approximate surface area is 124 Å². The summed E-state index contributed by atoms with van der Waals surface area (Å²) in [5.74, 6) is 1.53. The third-order valence-corrected chi connectivity index (χ3v) is 2.91. The second kappa shape index (κ2) is 7.52. The molecule has 21 heavy (non-hydrogen) atoms. The average Bonchev–Trinajstić information content (AvgIpc) is 2.45. The van der Waals surface area contributed by atoms with Crippen molar-refractivity contribution in [3.63, 3.8) is 0 Å². The number of nitro groups is 1. The molecule has 0 aliphatic rings. The zero-order valence-electron chi connectivity index (χ0n) is 13.0. The Morgan fingerprint density at radius 3 is 2.24 bits per heavy atom. The molecule has 0 aliphatic heterocycles. The van der Waals surface area contributed by atoms with Gasteiger partial charge in [-0.3, -0.25) is 10.1 Å². The van der Waals surface area contributed by atoms with Crippen LogP contribution in [0, 0.1) is 16.0 Å². The highest BCUT2D eigenvalue weighted by Crippen LogP contribution is 2.40. The number of rotatable bonds is 7. The van der Waals surface area contributed by atoms with Crippen molar-refractivity contribution >= 4 is 6.08 Å². The van der Waals surface area contributed by atoms with Gasteiger partial charge in [0.2, 0.25) is 11.4 Å². The van der Waals surface area contributed by atoms with Crippen LogP contribution in [0.4, 0.5) is 0 Å². The molecule has 0 heterocycles. The number of hydrogen-bond donors (Lipinski definition) is 0. The highest BCUT2D eigenvalue weighted by molar-refractivity contribution is 5.67. The third kappa shape index (κ3) is 4.11. The fourth-order valence-electron chi connectivity index (χ4n) is 2.02. The molecule has 0 aliphatic carbocycles. The van der Waals surface area contributed by atoms with E-state index in [1.54, 1.807) is 12.1 Å². The van der Waals surface area contributed by atoms with Crippen molar-refractivity contribution in [2.45, 2.75) is 20.3 Å². The van der Waals surface area contributed by atoms with Gasteiger partial charge in [0.15, 0.2) is 11.5 Å². The Morgan fingerprint density at radius 2 is 1.81 bits per heavy atom. The molecular weight excluding hydrogens is 274 g/mol. The summed E-state index contributed by atoms with van der Waals surface area (Å²) >= 11 is 0. The van der Waals surface area contributed by atoms with E-state index < -0.39 is 0 Å². The van der Waals surface area contributed by atoms with Crippen molar-refractivity contribution in [2.75, 3.05) is 21.3 Å². The van der Waals surface area contributed by atoms with Gasteiger partial charge in [-0.05, 0) is 18.1 Å². The van der Waals surface area contributed by atoms with Gasteiger partial charge in [-0.15, -0.1) is 0 Å². The van der Waals surface area contributed by atoms with Gasteiger partial charge in [0.25, 0.3) is 0 Å². The first kappa shape index (κ1) is 16.8. The molecule has 6 nitrogen and oxygen atoms in total. The van der Waals surface area contributed by atoms with Crippen LogP contribution in [0.15, 0.2) is 17.8 Å². The standard InChI is InChI=1S/C15H21NO5/c1-10(2)8-12(16(17)18)9-11-6-7-13(19-3)15(21-5)14(11)20-4/h6-7,9-10H,8H2,1-5H3. The van der Waals surface area contributed by atoms with Crippen molar-refractivity contribution in [3.8, 4) is 17.2 Å². The lowest BCUT2D eigenvalue weighted by Gasteiger charge is -2.14. The lowest BCUT2D eigenvalue weighted by Crippen LogP contribution is -2.03. The van der Waals surface area contributed by atoms with E-state index in [4.69, 9.17) is 14.2 Å². The average molecular weight is 295 g/mol. The monoisotopic (exact) mass is 295 g/mol. The van der Waals surface area contributed by atoms with Crippen LogP contribution >= 0.6 is 0 Å². The minimum atomic E-state index is -0.365. The van der Waals surface area contributed by atoms with E-state index in [1.807, 2.05) is 13.8 Å². The van der Waals surface area contributed by atoms with E-state index >= 15 is 0 Å². The van der Waals surface area contributed by atoms with Gasteiger partial charge in [0.05, 0.1) is 26.3 Å². The van der Waals surface area contributed by atoms with Crippen molar-refractivity contribution in [2.24, 2.45) is 5.92 Å². The predicted octanol–water partition coefficient (Wildman–Crippen LogP) is 3.38. The highest BCUT2D eigenvalue weighted by atomic mass is 16.6. The largest absolute Gasteiger partial charge is 0.493 e. The molecule has 1 rings (SSSR count). The number of hydrogen-bond acceptors (Lipinski definition) is 5. The van der Waals surface area contributed by atoms with Crippen LogP contribution in [0.5, 0.6) is 17.2 Å². The molecule has 0 saturated carbocycles. The van der Waals surface area contributed by atoms with Crippen LogP contribution in [0.1, 0.15) is 25.8 Å². The van der Waals surface area contributed by atoms with Crippen molar-refractivity contribution in [1.82, 2.24) is 0 Å². The van der Waals surface area contributed by atoms with Crippen LogP contribution in [0.3, 0.4) is 0 Å². The first-order chi connectivity index (χ1) is 9.94. The van der Waals surface area contributed by atoms with Crippen LogP contribution < -0.4 is 14.2 Å². The van der Waals surface area contributed by atoms with E-state index in [0.29, 0.717) is 29.2 Å². The molecule has 1 aromatic rings. The van der Waals surface area contributed by atoms with Gasteiger partial charge in [0, 0.05) is 18.1 Å². The molecule has 0 unspecified atom stereocenters. The molecule has 0 saturated heterocycles. The second-order valence-corrected chi connectivity index (χ2v) is 4.91. The number of methoxy groups -OCH3 is 3. The van der Waals surface area contributed by atoms with E-state index in [9.17, 15) is 10.1 Å². The number of nitrogens with zero attached hydrogens (tertiary/aromatic N) is 1. The van der Waals surface area contributed by atoms with Gasteiger partial charge in [-0.1, -0.05) is 13.8 Å². The summed E-state index contributed by atoms with van der Waals surface area (Å²) < 4.78 is 15.8. The Hall–Kier alpha value is -2.24. The molecule has 0 N–H and O–H groups in total. The van der Waals surface area contributed by atoms with Gasteiger partial charge in [-0.2, -0.15) is 0 Å². The normalized spacial score (nSPS) is 11.4. The quantitative estimate of drug-likeness (QED) is 0.569. The highest BCUT2D eigenvalue weighted by Gasteiger charge is 2.19. The topological polar surface area (TPSA) is 70.8 Å². The van der Waals surface area contributed by atoms with Crippen LogP contribution in [-0.2, 0) is 0 Å². The second-order valence-electron chi connectivity index (χ2n) is 4.91. The maximum Gasteiger partial charge on any atom is 0.247 e. The molecule has 0 aromatic heterocycles. The first-order valence-electron chi connectivity index (χ1n) is 6.58. The molecule has 0 radical (unpaired) electrons. The molecule has 0 bridgehead atoms. The Bertz CT molecular complexity index is 537. The molecule has 0 amide bonds. The Balaban J connectivity index is 3.37. The number of allylic oxidation sites excluding steroid dienone is 1. The van der Waals surface area contributed by atoms with Gasteiger partial charge >= 0.3 is 0 Å². The number of ether oxygens (including phenoxy) is 3. The minimum absolute atomic E-state index is 0.135. The first-order valence-corrected chi connectivity index (χ1v) is 6.58. The third-order valence-electron chi connectivity index (χ3n) is 2.91. The minimum Gasteiger partial charge on any atom is -0.493 e.